The van der Waals surface area contributed by atoms with E-state index in [-0.39, 0.29) is 5.91 Å². The van der Waals surface area contributed by atoms with Gasteiger partial charge in [0.15, 0.2) is 0 Å². The third-order valence-corrected chi connectivity index (χ3v) is 6.63. The summed E-state index contributed by atoms with van der Waals surface area (Å²) < 4.78 is 5.99. The first-order chi connectivity index (χ1) is 11.7. The van der Waals surface area contributed by atoms with Crippen LogP contribution < -0.4 is 5.32 Å². The van der Waals surface area contributed by atoms with Crippen molar-refractivity contribution in [2.75, 3.05) is 26.2 Å². The van der Waals surface area contributed by atoms with E-state index < -0.39 is 0 Å². The highest BCUT2D eigenvalue weighted by molar-refractivity contribution is 7.10. The van der Waals surface area contributed by atoms with Crippen molar-refractivity contribution in [3.8, 4) is 0 Å². The van der Waals surface area contributed by atoms with Crippen LogP contribution in [-0.4, -0.2) is 48.1 Å². The molecule has 0 aromatic carbocycles. The number of aryl methyl sites for hydroxylation is 1. The van der Waals surface area contributed by atoms with Crippen LogP contribution in [0.15, 0.2) is 22.3 Å². The second-order valence-corrected chi connectivity index (χ2v) is 8.32. The molecule has 0 unspecified atom stereocenters. The van der Waals surface area contributed by atoms with Crippen LogP contribution in [0.3, 0.4) is 0 Å². The van der Waals surface area contributed by atoms with E-state index in [1.165, 1.54) is 21.8 Å². The number of likely N-dealkylation sites (tertiary alicyclic amines) is 1. The summed E-state index contributed by atoms with van der Waals surface area (Å²) in [5.74, 6) is 0.830. The normalized spacial score (nSPS) is 26.6. The van der Waals surface area contributed by atoms with Crippen LogP contribution in [0.2, 0.25) is 0 Å². The van der Waals surface area contributed by atoms with Gasteiger partial charge in [0.25, 0.3) is 5.91 Å². The number of nitrogens with one attached hydrogen (secondary N) is 1. The summed E-state index contributed by atoms with van der Waals surface area (Å²) in [5.41, 5.74) is 3.58. The summed E-state index contributed by atoms with van der Waals surface area (Å²) in [4.78, 5) is 20.0. The highest BCUT2D eigenvalue weighted by Crippen LogP contribution is 2.34. The predicted octanol–water partition coefficient (Wildman–Crippen LogP) is 2.39. The molecule has 4 heterocycles. The van der Waals surface area contributed by atoms with Gasteiger partial charge in [0.2, 0.25) is 0 Å². The fraction of sp³-hybridized carbons (Fsp3) is 0.529. The van der Waals surface area contributed by atoms with Gasteiger partial charge in [-0.2, -0.15) is 0 Å². The van der Waals surface area contributed by atoms with Crippen molar-refractivity contribution in [3.05, 3.63) is 38.5 Å². The minimum atomic E-state index is -0.0798. The first-order valence-corrected chi connectivity index (χ1v) is 10.1. The molecule has 1 N–H and O–H groups in total. The zero-order valence-electron chi connectivity index (χ0n) is 13.6. The molecule has 3 atom stereocenters. The Morgan fingerprint density at radius 1 is 1.50 bits per heavy atom. The van der Waals surface area contributed by atoms with Gasteiger partial charge in [0, 0.05) is 48.3 Å². The SMILES string of the molecule is Cc1ccsc1CN1C[C@H]2[C@H](CNC(=O)c3cscn3)CO[C@H]2C1. The monoisotopic (exact) mass is 363 g/mol. The Bertz CT molecular complexity index is 701. The Balaban J connectivity index is 1.31. The lowest BCUT2D eigenvalue weighted by Crippen LogP contribution is -2.34. The molecule has 2 aromatic heterocycles. The number of thiazole rings is 1. The highest BCUT2D eigenvalue weighted by Gasteiger charge is 2.43. The van der Waals surface area contributed by atoms with E-state index in [2.05, 4.69) is 33.6 Å². The van der Waals surface area contributed by atoms with Crippen molar-refractivity contribution in [1.29, 1.82) is 0 Å². The molecule has 2 aliphatic heterocycles. The number of carbonyl (C=O) groups excluding carboxylic acids is 1. The first kappa shape index (κ1) is 16.2. The van der Waals surface area contributed by atoms with E-state index in [9.17, 15) is 4.79 Å². The largest absolute Gasteiger partial charge is 0.376 e. The molecule has 0 aliphatic carbocycles. The minimum absolute atomic E-state index is 0.0798. The molecular weight excluding hydrogens is 342 g/mol. The molecule has 1 amide bonds. The lowest BCUT2D eigenvalue weighted by molar-refractivity contribution is 0.0902. The van der Waals surface area contributed by atoms with Crippen LogP contribution >= 0.6 is 22.7 Å². The van der Waals surface area contributed by atoms with Crippen LogP contribution in [0, 0.1) is 18.8 Å². The minimum Gasteiger partial charge on any atom is -0.376 e. The third-order valence-electron chi connectivity index (χ3n) is 5.04. The number of rotatable bonds is 5. The topological polar surface area (TPSA) is 54.5 Å². The second kappa shape index (κ2) is 6.92. The number of fused-ring (bicyclic) bond motifs is 1. The van der Waals surface area contributed by atoms with Crippen LogP contribution in [-0.2, 0) is 11.3 Å². The zero-order chi connectivity index (χ0) is 16.5. The van der Waals surface area contributed by atoms with Gasteiger partial charge in [-0.3, -0.25) is 9.69 Å². The van der Waals surface area contributed by atoms with Crippen LogP contribution in [0.4, 0.5) is 0 Å². The molecule has 0 bridgehead atoms. The summed E-state index contributed by atoms with van der Waals surface area (Å²) in [7, 11) is 0. The zero-order valence-corrected chi connectivity index (χ0v) is 15.2. The van der Waals surface area contributed by atoms with Gasteiger partial charge in [-0.15, -0.1) is 22.7 Å². The molecule has 2 saturated heterocycles. The van der Waals surface area contributed by atoms with Crippen molar-refractivity contribution < 1.29 is 9.53 Å². The molecule has 2 aromatic rings. The molecule has 7 heteroatoms. The number of hydrogen-bond donors (Lipinski definition) is 1. The first-order valence-electron chi connectivity index (χ1n) is 8.24. The fourth-order valence-electron chi connectivity index (χ4n) is 3.63. The number of thiophene rings is 1. The summed E-state index contributed by atoms with van der Waals surface area (Å²) in [6, 6.07) is 2.18. The average Bonchev–Trinajstić information content (AvgIpc) is 3.32. The Labute approximate surface area is 149 Å². The number of amides is 1. The number of aromatic nitrogens is 1. The fourth-order valence-corrected chi connectivity index (χ4v) is 5.11. The highest BCUT2D eigenvalue weighted by atomic mass is 32.1. The maximum atomic E-state index is 12.1. The molecule has 2 aliphatic rings. The summed E-state index contributed by atoms with van der Waals surface area (Å²) in [6.45, 7) is 6.66. The smallest absolute Gasteiger partial charge is 0.270 e. The maximum Gasteiger partial charge on any atom is 0.270 e. The number of ether oxygens (including phenoxy) is 1. The van der Waals surface area contributed by atoms with Crippen LogP contribution in [0.1, 0.15) is 20.9 Å². The lowest BCUT2D eigenvalue weighted by Gasteiger charge is -2.19. The predicted molar refractivity (Wildman–Crippen MR) is 95.5 cm³/mol. The van der Waals surface area contributed by atoms with Crippen molar-refractivity contribution in [2.45, 2.75) is 19.6 Å². The Kier molecular flexibility index (Phi) is 4.67. The molecule has 128 valence electrons. The quantitative estimate of drug-likeness (QED) is 0.886. The molecule has 5 nitrogen and oxygen atoms in total. The van der Waals surface area contributed by atoms with E-state index in [1.54, 1.807) is 10.9 Å². The Morgan fingerprint density at radius 3 is 3.17 bits per heavy atom. The average molecular weight is 364 g/mol. The number of hydrogen-bond acceptors (Lipinski definition) is 6. The number of nitrogens with zero attached hydrogens (tertiary/aromatic N) is 2. The standard InChI is InChI=1S/C17H21N3O2S2/c1-11-2-3-24-16(11)7-20-5-13-12(8-22-15(13)6-20)4-18-17(21)14-9-23-10-19-14/h2-3,9-10,12-13,15H,4-8H2,1H3,(H,18,21)/t12-,13+,15+/m1/s1. The van der Waals surface area contributed by atoms with Crippen molar-refractivity contribution >= 4 is 28.6 Å². The van der Waals surface area contributed by atoms with Crippen molar-refractivity contribution in [3.63, 3.8) is 0 Å². The van der Waals surface area contributed by atoms with Crippen LogP contribution in [0.5, 0.6) is 0 Å². The van der Waals surface area contributed by atoms with Gasteiger partial charge in [-0.05, 0) is 23.9 Å². The number of carbonyl (C=O) groups is 1. The molecule has 0 radical (unpaired) electrons. The molecular formula is C17H21N3O2S2. The van der Waals surface area contributed by atoms with Gasteiger partial charge >= 0.3 is 0 Å². The summed E-state index contributed by atoms with van der Waals surface area (Å²) in [6.07, 6.45) is 0.312. The summed E-state index contributed by atoms with van der Waals surface area (Å²) in [5, 5.41) is 6.96. The van der Waals surface area contributed by atoms with E-state index in [0.717, 1.165) is 26.2 Å². The van der Waals surface area contributed by atoms with Gasteiger partial charge in [-0.1, -0.05) is 0 Å². The van der Waals surface area contributed by atoms with Gasteiger partial charge in [-0.25, -0.2) is 4.98 Å². The van der Waals surface area contributed by atoms with Gasteiger partial charge in [0.1, 0.15) is 5.69 Å². The van der Waals surface area contributed by atoms with E-state index in [0.29, 0.717) is 30.2 Å². The molecule has 2 fully saturated rings. The van der Waals surface area contributed by atoms with E-state index >= 15 is 0 Å². The Hall–Kier alpha value is -1.28. The van der Waals surface area contributed by atoms with Crippen molar-refractivity contribution in [2.24, 2.45) is 11.8 Å². The van der Waals surface area contributed by atoms with Gasteiger partial charge in [0.05, 0.1) is 18.2 Å². The molecule has 0 spiro atoms. The maximum absolute atomic E-state index is 12.1. The molecule has 24 heavy (non-hydrogen) atoms. The van der Waals surface area contributed by atoms with Crippen LogP contribution in [0.25, 0.3) is 0 Å². The third kappa shape index (κ3) is 3.26. The van der Waals surface area contributed by atoms with Crippen molar-refractivity contribution in [1.82, 2.24) is 15.2 Å². The van der Waals surface area contributed by atoms with E-state index in [4.69, 9.17) is 4.74 Å². The molecule has 0 saturated carbocycles. The van der Waals surface area contributed by atoms with Gasteiger partial charge < -0.3 is 10.1 Å². The molecule has 4 rings (SSSR count). The summed E-state index contributed by atoms with van der Waals surface area (Å²) >= 11 is 3.27. The lowest BCUT2D eigenvalue weighted by atomic mass is 9.93. The second-order valence-electron chi connectivity index (χ2n) is 6.60. The van der Waals surface area contributed by atoms with E-state index in [1.807, 2.05) is 11.3 Å². The Morgan fingerprint density at radius 2 is 2.42 bits per heavy atom.